The van der Waals surface area contributed by atoms with Gasteiger partial charge < -0.3 is 9.52 Å². The van der Waals surface area contributed by atoms with E-state index < -0.39 is 29.6 Å². The Labute approximate surface area is 121 Å². The smallest absolute Gasteiger partial charge is 0.307 e. The van der Waals surface area contributed by atoms with Gasteiger partial charge in [-0.2, -0.15) is 0 Å². The monoisotopic (exact) mass is 294 g/mol. The van der Waals surface area contributed by atoms with Crippen molar-refractivity contribution in [2.45, 2.75) is 32.6 Å². The highest BCUT2D eigenvalue weighted by molar-refractivity contribution is 5.96. The maximum Gasteiger partial charge on any atom is 0.307 e. The van der Waals surface area contributed by atoms with Gasteiger partial charge in [0.1, 0.15) is 5.76 Å². The second kappa shape index (κ2) is 6.43. The molecule has 1 aliphatic rings. The van der Waals surface area contributed by atoms with E-state index in [2.05, 4.69) is 10.9 Å². The summed E-state index contributed by atoms with van der Waals surface area (Å²) in [6.45, 7) is 1.64. The molecule has 3 N–H and O–H groups in total. The van der Waals surface area contributed by atoms with Crippen molar-refractivity contribution in [2.75, 3.05) is 0 Å². The molecule has 0 aromatic carbocycles. The number of carbonyl (C=O) groups excluding carboxylic acids is 2. The van der Waals surface area contributed by atoms with Crippen LogP contribution in [-0.2, 0) is 9.59 Å². The minimum atomic E-state index is -0.966. The van der Waals surface area contributed by atoms with E-state index in [0.29, 0.717) is 24.2 Å². The molecule has 0 aliphatic heterocycles. The van der Waals surface area contributed by atoms with Gasteiger partial charge in [-0.1, -0.05) is 12.8 Å². The van der Waals surface area contributed by atoms with Gasteiger partial charge in [-0.15, -0.1) is 0 Å². The molecule has 1 saturated carbocycles. The zero-order valence-corrected chi connectivity index (χ0v) is 11.7. The van der Waals surface area contributed by atoms with Crippen LogP contribution in [0.5, 0.6) is 0 Å². The lowest BCUT2D eigenvalue weighted by Gasteiger charge is -2.27. The molecule has 2 atom stereocenters. The Kier molecular flexibility index (Phi) is 4.62. The highest BCUT2D eigenvalue weighted by Gasteiger charge is 2.35. The van der Waals surface area contributed by atoms with Crippen LogP contribution in [0.1, 0.15) is 41.8 Å². The van der Waals surface area contributed by atoms with Crippen LogP contribution in [0.3, 0.4) is 0 Å². The first-order valence-electron chi connectivity index (χ1n) is 6.87. The van der Waals surface area contributed by atoms with E-state index in [1.807, 2.05) is 0 Å². The van der Waals surface area contributed by atoms with E-state index >= 15 is 0 Å². The summed E-state index contributed by atoms with van der Waals surface area (Å²) in [7, 11) is 0. The first kappa shape index (κ1) is 15.1. The van der Waals surface area contributed by atoms with Crippen LogP contribution in [0.25, 0.3) is 0 Å². The maximum atomic E-state index is 12.1. The van der Waals surface area contributed by atoms with Crippen molar-refractivity contribution in [3.05, 3.63) is 23.7 Å². The third-order valence-electron chi connectivity index (χ3n) is 3.82. The topological polar surface area (TPSA) is 109 Å². The van der Waals surface area contributed by atoms with Crippen molar-refractivity contribution in [3.63, 3.8) is 0 Å². The SMILES string of the molecule is Cc1occc1C(=O)NNC(=O)[C@@H]1CCCC[C@H]1C(=O)O. The van der Waals surface area contributed by atoms with Crippen LogP contribution >= 0.6 is 0 Å². The van der Waals surface area contributed by atoms with Gasteiger partial charge in [0.25, 0.3) is 5.91 Å². The predicted molar refractivity (Wildman–Crippen MR) is 72.1 cm³/mol. The van der Waals surface area contributed by atoms with E-state index in [0.717, 1.165) is 12.8 Å². The van der Waals surface area contributed by atoms with Gasteiger partial charge >= 0.3 is 5.97 Å². The molecule has 21 heavy (non-hydrogen) atoms. The molecule has 114 valence electrons. The normalized spacial score (nSPS) is 21.6. The van der Waals surface area contributed by atoms with Crippen LogP contribution in [-0.4, -0.2) is 22.9 Å². The molecular weight excluding hydrogens is 276 g/mol. The molecule has 0 spiro atoms. The lowest BCUT2D eigenvalue weighted by molar-refractivity contribution is -0.149. The Bertz CT molecular complexity index is 551. The number of rotatable bonds is 3. The minimum absolute atomic E-state index is 0.328. The minimum Gasteiger partial charge on any atom is -0.481 e. The summed E-state index contributed by atoms with van der Waals surface area (Å²) in [5.41, 5.74) is 4.93. The summed E-state index contributed by atoms with van der Waals surface area (Å²) in [5.74, 6) is -2.77. The number of aryl methyl sites for hydroxylation is 1. The lowest BCUT2D eigenvalue weighted by atomic mass is 9.79. The average molecular weight is 294 g/mol. The molecular formula is C14H18N2O5. The number of carboxylic acids is 1. The molecule has 7 nitrogen and oxygen atoms in total. The molecule has 2 amide bonds. The average Bonchev–Trinajstić information content (AvgIpc) is 2.90. The number of hydrogen-bond acceptors (Lipinski definition) is 4. The molecule has 7 heteroatoms. The summed E-state index contributed by atoms with van der Waals surface area (Å²) < 4.78 is 5.01. The Morgan fingerprint density at radius 1 is 1.19 bits per heavy atom. The number of amides is 2. The third-order valence-corrected chi connectivity index (χ3v) is 3.82. The molecule has 0 unspecified atom stereocenters. The van der Waals surface area contributed by atoms with Gasteiger partial charge in [-0.05, 0) is 25.8 Å². The van der Waals surface area contributed by atoms with Gasteiger partial charge in [-0.3, -0.25) is 25.2 Å². The fourth-order valence-corrected chi connectivity index (χ4v) is 2.64. The first-order valence-corrected chi connectivity index (χ1v) is 6.87. The molecule has 1 aromatic heterocycles. The standard InChI is InChI=1S/C14H18N2O5/c1-8-9(6-7-21-8)12(17)15-16-13(18)10-4-2-3-5-11(10)14(19)20/h6-7,10-11H,2-5H2,1H3,(H,15,17)(H,16,18)(H,19,20)/t10-,11-/m1/s1. The van der Waals surface area contributed by atoms with Crippen molar-refractivity contribution in [3.8, 4) is 0 Å². The molecule has 0 radical (unpaired) electrons. The van der Waals surface area contributed by atoms with Crippen LogP contribution < -0.4 is 10.9 Å². The molecule has 1 fully saturated rings. The van der Waals surface area contributed by atoms with Gasteiger partial charge in [0.2, 0.25) is 5.91 Å². The van der Waals surface area contributed by atoms with Crippen LogP contribution in [0.2, 0.25) is 0 Å². The van der Waals surface area contributed by atoms with Gasteiger partial charge in [0.15, 0.2) is 0 Å². The predicted octanol–water partition coefficient (Wildman–Crippen LogP) is 1.24. The number of hydrogen-bond donors (Lipinski definition) is 3. The zero-order chi connectivity index (χ0) is 15.4. The summed E-state index contributed by atoms with van der Waals surface area (Å²) in [5, 5.41) is 9.14. The van der Waals surface area contributed by atoms with Crippen LogP contribution in [0, 0.1) is 18.8 Å². The number of aliphatic carboxylic acids is 1. The van der Waals surface area contributed by atoms with E-state index in [1.54, 1.807) is 6.92 Å². The van der Waals surface area contributed by atoms with E-state index in [-0.39, 0.29) is 0 Å². The quantitative estimate of drug-likeness (QED) is 0.727. The van der Waals surface area contributed by atoms with Crippen molar-refractivity contribution < 1.29 is 23.9 Å². The second-order valence-electron chi connectivity index (χ2n) is 5.17. The summed E-state index contributed by atoms with van der Waals surface area (Å²) in [6.07, 6.45) is 4.01. The Morgan fingerprint density at radius 2 is 1.86 bits per heavy atom. The van der Waals surface area contributed by atoms with E-state index in [4.69, 9.17) is 9.52 Å². The second-order valence-corrected chi connectivity index (χ2v) is 5.17. The van der Waals surface area contributed by atoms with Crippen molar-refractivity contribution in [1.29, 1.82) is 0 Å². The molecule has 1 heterocycles. The van der Waals surface area contributed by atoms with Crippen LogP contribution in [0.4, 0.5) is 0 Å². The highest BCUT2D eigenvalue weighted by Crippen LogP contribution is 2.30. The molecule has 1 aromatic rings. The molecule has 2 rings (SSSR count). The number of carboxylic acid groups (broad SMARTS) is 1. The summed E-state index contributed by atoms with van der Waals surface area (Å²) in [4.78, 5) is 35.0. The number of hydrazine groups is 1. The van der Waals surface area contributed by atoms with Crippen molar-refractivity contribution >= 4 is 17.8 Å². The number of carbonyl (C=O) groups is 3. The highest BCUT2D eigenvalue weighted by atomic mass is 16.4. The molecule has 0 bridgehead atoms. The van der Waals surface area contributed by atoms with Gasteiger partial charge in [0, 0.05) is 0 Å². The summed E-state index contributed by atoms with van der Waals surface area (Å²) >= 11 is 0. The van der Waals surface area contributed by atoms with Crippen LogP contribution in [0.15, 0.2) is 16.7 Å². The zero-order valence-electron chi connectivity index (χ0n) is 11.7. The van der Waals surface area contributed by atoms with E-state index in [1.165, 1.54) is 12.3 Å². The van der Waals surface area contributed by atoms with Gasteiger partial charge in [0.05, 0.1) is 23.7 Å². The maximum absolute atomic E-state index is 12.1. The Morgan fingerprint density at radius 3 is 2.43 bits per heavy atom. The molecule has 0 saturated heterocycles. The Hall–Kier alpha value is -2.31. The largest absolute Gasteiger partial charge is 0.481 e. The van der Waals surface area contributed by atoms with Crippen molar-refractivity contribution in [1.82, 2.24) is 10.9 Å². The Balaban J connectivity index is 1.93. The number of nitrogens with one attached hydrogen (secondary N) is 2. The fourth-order valence-electron chi connectivity index (χ4n) is 2.64. The fraction of sp³-hybridized carbons (Fsp3) is 0.500. The lowest BCUT2D eigenvalue weighted by Crippen LogP contribution is -2.47. The van der Waals surface area contributed by atoms with Gasteiger partial charge in [-0.25, -0.2) is 0 Å². The molecule has 1 aliphatic carbocycles. The van der Waals surface area contributed by atoms with E-state index in [9.17, 15) is 14.4 Å². The number of furan rings is 1. The third kappa shape index (κ3) is 3.42. The first-order chi connectivity index (χ1) is 10.0. The summed E-state index contributed by atoms with van der Waals surface area (Å²) in [6, 6.07) is 1.50. The van der Waals surface area contributed by atoms with Crippen molar-refractivity contribution in [2.24, 2.45) is 11.8 Å².